The quantitative estimate of drug-likeness (QED) is 0.237. The van der Waals surface area contributed by atoms with Crippen molar-refractivity contribution in [2.24, 2.45) is 5.41 Å². The molecule has 3 aliphatic heterocycles. The number of anilines is 1. The first-order chi connectivity index (χ1) is 22.4. The number of carbonyl (C=O) groups is 3. The van der Waals surface area contributed by atoms with Crippen LogP contribution in [0.4, 0.5) is 5.82 Å². The van der Waals surface area contributed by atoms with Crippen LogP contribution >= 0.6 is 11.8 Å². The summed E-state index contributed by atoms with van der Waals surface area (Å²) >= 11 is 1.99. The highest BCUT2D eigenvalue weighted by molar-refractivity contribution is 7.99. The minimum Gasteiger partial charge on any atom is -0.497 e. The Morgan fingerprint density at radius 1 is 0.913 bits per heavy atom. The largest absolute Gasteiger partial charge is 0.497 e. The summed E-state index contributed by atoms with van der Waals surface area (Å²) < 4.78 is 5.27. The van der Waals surface area contributed by atoms with Gasteiger partial charge in [-0.2, -0.15) is 11.8 Å². The van der Waals surface area contributed by atoms with Crippen LogP contribution in [-0.2, 0) is 16.1 Å². The fourth-order valence-corrected chi connectivity index (χ4v) is 7.06. The lowest BCUT2D eigenvalue weighted by atomic mass is 9.85. The van der Waals surface area contributed by atoms with Crippen LogP contribution in [0.2, 0.25) is 0 Å². The molecule has 1 aromatic heterocycles. The van der Waals surface area contributed by atoms with Gasteiger partial charge in [0, 0.05) is 54.4 Å². The van der Waals surface area contributed by atoms with E-state index in [1.807, 2.05) is 48.2 Å². The number of nitrogens with one attached hydrogen (secondary N) is 1. The third kappa shape index (κ3) is 5.84. The molecule has 9 heteroatoms. The van der Waals surface area contributed by atoms with Gasteiger partial charge in [0.05, 0.1) is 19.2 Å². The molecule has 7 rings (SSSR count). The molecule has 3 amide bonds. The summed E-state index contributed by atoms with van der Waals surface area (Å²) in [6, 6.07) is 27.7. The number of hydrogen-bond donors (Lipinski definition) is 1. The summed E-state index contributed by atoms with van der Waals surface area (Å²) in [7, 11) is 1.55. The molecular formula is C37H32N4O4S. The molecule has 0 spiro atoms. The van der Waals surface area contributed by atoms with Crippen LogP contribution in [0, 0.1) is 17.3 Å². The average molecular weight is 629 g/mol. The molecule has 46 heavy (non-hydrogen) atoms. The van der Waals surface area contributed by atoms with Crippen LogP contribution in [-0.4, -0.2) is 65.9 Å². The number of amides is 3. The number of thioether (sulfide) groups is 1. The SMILES string of the molecule is COc1ccc2c(c1)C(=O)N(C[C@@]1(C#Cc3ccc(-c4ccc(-c5cccc(N6CCSCC6)n5)cc4)cc3)CC(=O)NC1=O)C2. The first-order valence-corrected chi connectivity index (χ1v) is 16.4. The second-order valence-corrected chi connectivity index (χ2v) is 12.9. The summed E-state index contributed by atoms with van der Waals surface area (Å²) in [5, 5.41) is 2.39. The summed E-state index contributed by atoms with van der Waals surface area (Å²) in [5.74, 6) is 9.01. The lowest BCUT2D eigenvalue weighted by Gasteiger charge is -2.27. The van der Waals surface area contributed by atoms with Gasteiger partial charge in [0.2, 0.25) is 11.8 Å². The molecule has 3 aliphatic rings. The number of pyridine rings is 1. The van der Waals surface area contributed by atoms with E-state index in [-0.39, 0.29) is 18.9 Å². The molecule has 0 bridgehead atoms. The third-order valence-electron chi connectivity index (χ3n) is 8.72. The molecule has 1 atom stereocenters. The number of carbonyl (C=O) groups excluding carboxylic acids is 3. The predicted molar refractivity (Wildman–Crippen MR) is 179 cm³/mol. The van der Waals surface area contributed by atoms with Crippen LogP contribution in [0.25, 0.3) is 22.4 Å². The Labute approximate surface area is 272 Å². The minimum absolute atomic E-state index is 0.0205. The number of fused-ring (bicyclic) bond motifs is 1. The number of aromatic nitrogens is 1. The van der Waals surface area contributed by atoms with Crippen LogP contribution in [0.15, 0.2) is 84.9 Å². The van der Waals surface area contributed by atoms with E-state index >= 15 is 0 Å². The van der Waals surface area contributed by atoms with Crippen molar-refractivity contribution >= 4 is 35.3 Å². The number of methoxy groups -OCH3 is 1. The number of ether oxygens (including phenoxy) is 1. The Kier molecular flexibility index (Phi) is 7.97. The Morgan fingerprint density at radius 3 is 2.33 bits per heavy atom. The Bertz CT molecular complexity index is 1890. The zero-order chi connectivity index (χ0) is 31.7. The molecular weight excluding hydrogens is 596 g/mol. The molecule has 0 radical (unpaired) electrons. The van der Waals surface area contributed by atoms with Crippen LogP contribution in [0.5, 0.6) is 5.75 Å². The molecule has 0 unspecified atom stereocenters. The van der Waals surface area contributed by atoms with Crippen molar-refractivity contribution in [2.45, 2.75) is 13.0 Å². The zero-order valence-electron chi connectivity index (χ0n) is 25.4. The average Bonchev–Trinajstić information content (AvgIpc) is 3.56. The molecule has 0 aliphatic carbocycles. The van der Waals surface area contributed by atoms with E-state index in [4.69, 9.17) is 9.72 Å². The third-order valence-corrected chi connectivity index (χ3v) is 9.66. The molecule has 2 saturated heterocycles. The Balaban J connectivity index is 1.07. The Hall–Kier alpha value is -5.07. The van der Waals surface area contributed by atoms with E-state index in [1.165, 1.54) is 0 Å². The fraction of sp³-hybridized carbons (Fsp3) is 0.243. The van der Waals surface area contributed by atoms with Gasteiger partial charge in [-0.25, -0.2) is 4.98 Å². The van der Waals surface area contributed by atoms with Gasteiger partial charge in [-0.15, -0.1) is 0 Å². The monoisotopic (exact) mass is 628 g/mol. The number of nitrogens with zero attached hydrogens (tertiary/aromatic N) is 3. The second kappa shape index (κ2) is 12.4. The van der Waals surface area contributed by atoms with Crippen LogP contribution < -0.4 is 15.0 Å². The van der Waals surface area contributed by atoms with Gasteiger partial charge >= 0.3 is 0 Å². The summed E-state index contributed by atoms with van der Waals surface area (Å²) in [6.45, 7) is 2.41. The maximum atomic E-state index is 13.2. The standard InChI is InChI=1S/C37H32N4O4S/c1-45-30-14-13-29-23-41(35(43)31(29)21-30)24-37(22-34(42)39-36(37)44)16-15-25-5-7-26(8-6-25)27-9-11-28(12-10-27)32-3-2-4-33(38-32)40-17-19-46-20-18-40/h2-14,21H,17-20,22-24H2,1H3,(H,39,42,44)/t37-/m1/s1. The summed E-state index contributed by atoms with van der Waals surface area (Å²) in [5.41, 5.74) is 4.89. The van der Waals surface area contributed by atoms with Gasteiger partial charge in [0.15, 0.2) is 0 Å². The second-order valence-electron chi connectivity index (χ2n) is 11.7. The highest BCUT2D eigenvalue weighted by Crippen LogP contribution is 2.34. The zero-order valence-corrected chi connectivity index (χ0v) is 26.2. The van der Waals surface area contributed by atoms with E-state index in [2.05, 4.69) is 58.5 Å². The lowest BCUT2D eigenvalue weighted by molar-refractivity contribution is -0.127. The maximum Gasteiger partial charge on any atom is 0.254 e. The summed E-state index contributed by atoms with van der Waals surface area (Å²) in [4.78, 5) is 47.5. The molecule has 3 aromatic carbocycles. The number of hydrogen-bond acceptors (Lipinski definition) is 7. The van der Waals surface area contributed by atoms with E-state index in [9.17, 15) is 14.4 Å². The molecule has 8 nitrogen and oxygen atoms in total. The van der Waals surface area contributed by atoms with E-state index in [1.54, 1.807) is 24.1 Å². The molecule has 0 saturated carbocycles. The molecule has 2 fully saturated rings. The van der Waals surface area contributed by atoms with Gasteiger partial charge in [0.25, 0.3) is 5.91 Å². The maximum absolute atomic E-state index is 13.2. The number of rotatable bonds is 6. The van der Waals surface area contributed by atoms with Crippen molar-refractivity contribution in [3.05, 3.63) is 102 Å². The lowest BCUT2D eigenvalue weighted by Crippen LogP contribution is -2.42. The topological polar surface area (TPSA) is 91.8 Å². The van der Waals surface area contributed by atoms with Crippen molar-refractivity contribution in [2.75, 3.05) is 43.1 Å². The van der Waals surface area contributed by atoms with Gasteiger partial charge in [0.1, 0.15) is 17.0 Å². The fourth-order valence-electron chi connectivity index (χ4n) is 6.16. The number of imide groups is 1. The first-order valence-electron chi connectivity index (χ1n) is 15.3. The van der Waals surface area contributed by atoms with Crippen LogP contribution in [0.3, 0.4) is 0 Å². The van der Waals surface area contributed by atoms with Gasteiger partial charge in [-0.3, -0.25) is 19.7 Å². The highest BCUT2D eigenvalue weighted by atomic mass is 32.2. The normalized spacial score (nSPS) is 19.0. The first kappa shape index (κ1) is 29.6. The van der Waals surface area contributed by atoms with Crippen molar-refractivity contribution in [1.29, 1.82) is 0 Å². The van der Waals surface area contributed by atoms with Crippen molar-refractivity contribution in [1.82, 2.24) is 15.2 Å². The smallest absolute Gasteiger partial charge is 0.254 e. The predicted octanol–water partition coefficient (Wildman–Crippen LogP) is 5.02. The summed E-state index contributed by atoms with van der Waals surface area (Å²) in [6.07, 6.45) is -0.0957. The van der Waals surface area contributed by atoms with Gasteiger partial charge in [-0.05, 0) is 53.1 Å². The van der Waals surface area contributed by atoms with E-state index in [0.29, 0.717) is 23.4 Å². The van der Waals surface area contributed by atoms with Crippen molar-refractivity contribution in [3.63, 3.8) is 0 Å². The van der Waals surface area contributed by atoms with Crippen molar-refractivity contribution in [3.8, 4) is 40.0 Å². The van der Waals surface area contributed by atoms with Gasteiger partial charge in [-0.1, -0.05) is 60.4 Å². The molecule has 1 N–H and O–H groups in total. The number of benzene rings is 3. The Morgan fingerprint density at radius 2 is 1.63 bits per heavy atom. The van der Waals surface area contributed by atoms with Gasteiger partial charge < -0.3 is 14.5 Å². The highest BCUT2D eigenvalue weighted by Gasteiger charge is 2.48. The molecule has 4 aromatic rings. The molecule has 4 heterocycles. The van der Waals surface area contributed by atoms with E-state index < -0.39 is 17.2 Å². The minimum atomic E-state index is -1.33. The van der Waals surface area contributed by atoms with E-state index in [0.717, 1.165) is 58.4 Å². The van der Waals surface area contributed by atoms with Crippen molar-refractivity contribution < 1.29 is 19.1 Å². The van der Waals surface area contributed by atoms with Crippen LogP contribution in [0.1, 0.15) is 27.9 Å². The molecule has 230 valence electrons.